The summed E-state index contributed by atoms with van der Waals surface area (Å²) in [6.07, 6.45) is 0. The summed E-state index contributed by atoms with van der Waals surface area (Å²) in [5, 5.41) is 23.4. The molecule has 1 N–H and O–H groups in total. The van der Waals surface area contributed by atoms with Gasteiger partial charge in [-0.25, -0.2) is 0 Å². The van der Waals surface area contributed by atoms with E-state index in [9.17, 15) is 10.1 Å². The second kappa shape index (κ2) is 6.57. The average Bonchev–Trinajstić information content (AvgIpc) is 2.45. The number of nitrogens with one attached hydrogen (secondary N) is 1. The fourth-order valence-corrected chi connectivity index (χ4v) is 2.43. The van der Waals surface area contributed by atoms with E-state index in [-0.39, 0.29) is 12.2 Å². The molecular formula is C14H9BrClN3O2. The van der Waals surface area contributed by atoms with Crippen LogP contribution in [0.4, 0.5) is 11.4 Å². The standard InChI is InChI=1S/C14H9BrClN3O2/c15-10-5-4-9(7-17)13(6-10)18-8-11-12(16)2-1-3-14(11)19(20)21/h1-6,18H,8H2. The Kier molecular flexibility index (Phi) is 4.78. The maximum atomic E-state index is 11.0. The van der Waals surface area contributed by atoms with Crippen molar-refractivity contribution in [3.8, 4) is 6.07 Å². The molecule has 0 spiro atoms. The maximum Gasteiger partial charge on any atom is 0.275 e. The summed E-state index contributed by atoms with van der Waals surface area (Å²) in [5.41, 5.74) is 1.37. The number of benzene rings is 2. The highest BCUT2D eigenvalue weighted by Gasteiger charge is 2.16. The molecule has 0 aromatic heterocycles. The van der Waals surface area contributed by atoms with E-state index < -0.39 is 4.92 Å². The minimum absolute atomic E-state index is 0.0523. The second-order valence-corrected chi connectivity index (χ2v) is 5.47. The monoisotopic (exact) mass is 365 g/mol. The van der Waals surface area contributed by atoms with Crippen molar-refractivity contribution in [1.82, 2.24) is 0 Å². The van der Waals surface area contributed by atoms with Crippen molar-refractivity contribution in [3.63, 3.8) is 0 Å². The number of rotatable bonds is 4. The molecule has 0 unspecified atom stereocenters. The summed E-state index contributed by atoms with van der Waals surface area (Å²) in [5.74, 6) is 0. The molecule has 0 heterocycles. The molecule has 5 nitrogen and oxygen atoms in total. The van der Waals surface area contributed by atoms with Gasteiger partial charge in [-0.3, -0.25) is 10.1 Å². The van der Waals surface area contributed by atoms with Crippen LogP contribution in [0.1, 0.15) is 11.1 Å². The Bertz CT molecular complexity index is 743. The zero-order valence-corrected chi connectivity index (χ0v) is 13.0. The number of hydrogen-bond acceptors (Lipinski definition) is 4. The molecule has 0 aliphatic heterocycles. The summed E-state index contributed by atoms with van der Waals surface area (Å²) in [6, 6.07) is 11.7. The van der Waals surface area contributed by atoms with Crippen LogP contribution in [0, 0.1) is 21.4 Å². The Morgan fingerprint density at radius 1 is 1.38 bits per heavy atom. The van der Waals surface area contributed by atoms with E-state index in [0.29, 0.717) is 21.8 Å². The molecule has 0 aliphatic carbocycles. The Labute approximate surface area is 134 Å². The number of hydrogen-bond donors (Lipinski definition) is 1. The molecule has 0 atom stereocenters. The van der Waals surface area contributed by atoms with E-state index in [4.69, 9.17) is 16.9 Å². The molecule has 2 aromatic rings. The van der Waals surface area contributed by atoms with Crippen LogP contribution in [-0.2, 0) is 6.54 Å². The van der Waals surface area contributed by atoms with Gasteiger partial charge in [-0.2, -0.15) is 5.26 Å². The lowest BCUT2D eigenvalue weighted by molar-refractivity contribution is -0.385. The van der Waals surface area contributed by atoms with Gasteiger partial charge in [0.25, 0.3) is 5.69 Å². The van der Waals surface area contributed by atoms with Gasteiger partial charge in [0.2, 0.25) is 0 Å². The van der Waals surface area contributed by atoms with E-state index >= 15 is 0 Å². The molecule has 0 fully saturated rings. The molecular weight excluding hydrogens is 358 g/mol. The molecule has 0 aliphatic rings. The van der Waals surface area contributed by atoms with Crippen molar-refractivity contribution in [2.24, 2.45) is 0 Å². The van der Waals surface area contributed by atoms with Gasteiger partial charge < -0.3 is 5.32 Å². The molecule has 2 rings (SSSR count). The molecule has 0 amide bonds. The van der Waals surface area contributed by atoms with Gasteiger partial charge in [0.05, 0.1) is 26.8 Å². The fraction of sp³-hybridized carbons (Fsp3) is 0.0714. The number of halogens is 2. The lowest BCUT2D eigenvalue weighted by atomic mass is 10.1. The Balaban J connectivity index is 2.31. The summed E-state index contributed by atoms with van der Waals surface area (Å²) in [6.45, 7) is 0.154. The van der Waals surface area contributed by atoms with Gasteiger partial charge in [-0.05, 0) is 24.3 Å². The van der Waals surface area contributed by atoms with Gasteiger partial charge >= 0.3 is 0 Å². The van der Waals surface area contributed by atoms with Crippen molar-refractivity contribution in [3.05, 3.63) is 67.1 Å². The molecule has 21 heavy (non-hydrogen) atoms. The van der Waals surface area contributed by atoms with Gasteiger partial charge in [-0.15, -0.1) is 0 Å². The highest BCUT2D eigenvalue weighted by atomic mass is 79.9. The van der Waals surface area contributed by atoms with Crippen LogP contribution in [0.2, 0.25) is 5.02 Å². The third kappa shape index (κ3) is 3.51. The summed E-state index contributed by atoms with van der Waals surface area (Å²) in [4.78, 5) is 10.5. The van der Waals surface area contributed by atoms with Crippen LogP contribution in [0.3, 0.4) is 0 Å². The zero-order chi connectivity index (χ0) is 15.4. The Morgan fingerprint density at radius 3 is 2.81 bits per heavy atom. The number of nitriles is 1. The molecule has 0 saturated carbocycles. The lowest BCUT2D eigenvalue weighted by Gasteiger charge is -2.10. The average molecular weight is 367 g/mol. The van der Waals surface area contributed by atoms with Crippen LogP contribution >= 0.6 is 27.5 Å². The minimum atomic E-state index is -0.477. The maximum absolute atomic E-state index is 11.0. The number of anilines is 1. The smallest absolute Gasteiger partial charge is 0.275 e. The topological polar surface area (TPSA) is 79.0 Å². The van der Waals surface area contributed by atoms with Crippen molar-refractivity contribution in [1.29, 1.82) is 5.26 Å². The molecule has 7 heteroatoms. The fourth-order valence-electron chi connectivity index (χ4n) is 1.84. The third-order valence-electron chi connectivity index (χ3n) is 2.85. The molecule has 2 aromatic carbocycles. The van der Waals surface area contributed by atoms with Crippen LogP contribution in [0.5, 0.6) is 0 Å². The molecule has 0 radical (unpaired) electrons. The number of nitro groups is 1. The van der Waals surface area contributed by atoms with Crippen LogP contribution in [0.25, 0.3) is 0 Å². The first-order valence-corrected chi connectivity index (χ1v) is 7.05. The van der Waals surface area contributed by atoms with Gasteiger partial charge in [0.15, 0.2) is 0 Å². The SMILES string of the molecule is N#Cc1ccc(Br)cc1NCc1c(Cl)cccc1[N+](=O)[O-]. The van der Waals surface area contributed by atoms with Gasteiger partial charge in [0.1, 0.15) is 6.07 Å². The van der Waals surface area contributed by atoms with Crippen molar-refractivity contribution in [2.75, 3.05) is 5.32 Å². The van der Waals surface area contributed by atoms with Crippen molar-refractivity contribution < 1.29 is 4.92 Å². The van der Waals surface area contributed by atoms with Crippen molar-refractivity contribution >= 4 is 38.9 Å². The summed E-state index contributed by atoms with van der Waals surface area (Å²) < 4.78 is 0.803. The van der Waals surface area contributed by atoms with Gasteiger partial charge in [-0.1, -0.05) is 33.6 Å². The summed E-state index contributed by atoms with van der Waals surface area (Å²) >= 11 is 9.35. The second-order valence-electron chi connectivity index (χ2n) is 4.15. The minimum Gasteiger partial charge on any atom is -0.380 e. The molecule has 106 valence electrons. The van der Waals surface area contributed by atoms with E-state index in [0.717, 1.165) is 4.47 Å². The Hall–Kier alpha value is -2.10. The predicted molar refractivity (Wildman–Crippen MR) is 84.3 cm³/mol. The van der Waals surface area contributed by atoms with E-state index in [1.807, 2.05) is 0 Å². The number of nitro benzene ring substituents is 1. The van der Waals surface area contributed by atoms with Crippen molar-refractivity contribution in [2.45, 2.75) is 6.54 Å². The lowest BCUT2D eigenvalue weighted by Crippen LogP contribution is -2.05. The highest BCUT2D eigenvalue weighted by Crippen LogP contribution is 2.28. The summed E-state index contributed by atoms with van der Waals surface area (Å²) in [7, 11) is 0. The van der Waals surface area contributed by atoms with Crippen LogP contribution < -0.4 is 5.32 Å². The first-order chi connectivity index (χ1) is 10.0. The Morgan fingerprint density at radius 2 is 2.14 bits per heavy atom. The quantitative estimate of drug-likeness (QED) is 0.638. The number of nitrogens with zero attached hydrogens (tertiary/aromatic N) is 2. The first-order valence-electron chi connectivity index (χ1n) is 5.88. The first kappa shape index (κ1) is 15.3. The largest absolute Gasteiger partial charge is 0.380 e. The van der Waals surface area contributed by atoms with Gasteiger partial charge in [0, 0.05) is 17.1 Å². The van der Waals surface area contributed by atoms with Crippen LogP contribution in [-0.4, -0.2) is 4.92 Å². The normalized spacial score (nSPS) is 9.95. The van der Waals surface area contributed by atoms with E-state index in [1.165, 1.54) is 12.1 Å². The van der Waals surface area contributed by atoms with Crippen LogP contribution in [0.15, 0.2) is 40.9 Å². The van der Waals surface area contributed by atoms with E-state index in [2.05, 4.69) is 27.3 Å². The predicted octanol–water partition coefficient (Wildman–Crippen LogP) is 4.49. The molecule has 0 bridgehead atoms. The third-order valence-corrected chi connectivity index (χ3v) is 3.70. The van der Waals surface area contributed by atoms with E-state index in [1.54, 1.807) is 24.3 Å². The highest BCUT2D eigenvalue weighted by molar-refractivity contribution is 9.10. The zero-order valence-electron chi connectivity index (χ0n) is 10.6. The molecule has 0 saturated heterocycles.